The predicted octanol–water partition coefficient (Wildman–Crippen LogP) is 1.56. The van der Waals surface area contributed by atoms with Gasteiger partial charge in [-0.3, -0.25) is 4.84 Å². The van der Waals surface area contributed by atoms with Crippen LogP contribution in [0.15, 0.2) is 0 Å². The van der Waals surface area contributed by atoms with E-state index in [1.54, 1.807) is 0 Å². The maximum Gasteiger partial charge on any atom is 0.119 e. The number of hydrogen-bond acceptors (Lipinski definition) is 2. The number of nitrogens with one attached hydrogen (secondary N) is 1. The minimum Gasteiger partial charge on any atom is -0.291 e. The summed E-state index contributed by atoms with van der Waals surface area (Å²) in [6.07, 6.45) is 0. The van der Waals surface area contributed by atoms with Gasteiger partial charge in [0, 0.05) is 6.54 Å². The number of hydroxylamine groups is 1. The molecule has 0 fully saturated rings. The molecule has 1 N–H and O–H groups in total. The summed E-state index contributed by atoms with van der Waals surface area (Å²) >= 11 is 2.15. The third-order valence-corrected chi connectivity index (χ3v) is 0.960. The topological polar surface area (TPSA) is 21.3 Å². The van der Waals surface area contributed by atoms with E-state index in [1.807, 2.05) is 0 Å². The van der Waals surface area contributed by atoms with Gasteiger partial charge in [-0.1, -0.05) is 36.4 Å². The number of hydrogen-bond donors (Lipinski definition) is 1. The maximum absolute atomic E-state index is 4.88. The molecule has 0 heterocycles. The predicted molar refractivity (Wildman–Crippen MR) is 42.8 cm³/mol. The SMILES string of the molecule is CC(C)CNOCI. The summed E-state index contributed by atoms with van der Waals surface area (Å²) in [5.41, 5.74) is 2.83. The van der Waals surface area contributed by atoms with Gasteiger partial charge < -0.3 is 0 Å². The Balaban J connectivity index is 2.72. The highest BCUT2D eigenvalue weighted by atomic mass is 127. The molecule has 0 radical (unpaired) electrons. The molecule has 3 heteroatoms. The molecule has 8 heavy (non-hydrogen) atoms. The van der Waals surface area contributed by atoms with Gasteiger partial charge in [-0.25, -0.2) is 5.48 Å². The largest absolute Gasteiger partial charge is 0.291 e. The van der Waals surface area contributed by atoms with Crippen molar-refractivity contribution in [2.75, 3.05) is 11.2 Å². The second-order valence-corrected chi connectivity index (χ2v) is 2.62. The quantitative estimate of drug-likeness (QED) is 0.342. The molecule has 0 aliphatic heterocycles. The Morgan fingerprint density at radius 2 is 2.25 bits per heavy atom. The lowest BCUT2D eigenvalue weighted by Gasteiger charge is -2.03. The lowest BCUT2D eigenvalue weighted by Crippen LogP contribution is -2.18. The van der Waals surface area contributed by atoms with Crippen molar-refractivity contribution >= 4 is 22.6 Å². The maximum atomic E-state index is 4.88. The fourth-order valence-electron chi connectivity index (χ4n) is 0.264. The van der Waals surface area contributed by atoms with Crippen molar-refractivity contribution in [1.82, 2.24) is 5.48 Å². The zero-order valence-electron chi connectivity index (χ0n) is 5.28. The van der Waals surface area contributed by atoms with Crippen molar-refractivity contribution < 1.29 is 4.84 Å². The average molecular weight is 229 g/mol. The minimum atomic E-state index is 0.665. The Kier molecular flexibility index (Phi) is 6.25. The van der Waals surface area contributed by atoms with Crippen LogP contribution in [0.3, 0.4) is 0 Å². The van der Waals surface area contributed by atoms with E-state index in [0.29, 0.717) is 10.5 Å². The Labute approximate surface area is 64.1 Å². The first-order valence-electron chi connectivity index (χ1n) is 2.68. The first kappa shape index (κ1) is 8.65. The zero-order valence-corrected chi connectivity index (χ0v) is 7.44. The third-order valence-electron chi connectivity index (χ3n) is 0.648. The molecule has 0 saturated carbocycles. The van der Waals surface area contributed by atoms with Crippen molar-refractivity contribution in [3.8, 4) is 0 Å². The molecule has 0 aliphatic rings. The number of halogens is 1. The van der Waals surface area contributed by atoms with Crippen LogP contribution in [0, 0.1) is 5.92 Å². The average Bonchev–Trinajstić information content (AvgIpc) is 1.66. The van der Waals surface area contributed by atoms with Crippen molar-refractivity contribution in [3.63, 3.8) is 0 Å². The third kappa shape index (κ3) is 6.65. The van der Waals surface area contributed by atoms with Gasteiger partial charge in [0.1, 0.15) is 4.61 Å². The summed E-state index contributed by atoms with van der Waals surface area (Å²) < 4.78 is 0.713. The van der Waals surface area contributed by atoms with E-state index < -0.39 is 0 Å². The molecular weight excluding hydrogens is 217 g/mol. The first-order chi connectivity index (χ1) is 3.77. The molecule has 0 saturated heterocycles. The summed E-state index contributed by atoms with van der Waals surface area (Å²) in [4.78, 5) is 4.88. The Morgan fingerprint density at radius 3 is 2.62 bits per heavy atom. The second-order valence-electron chi connectivity index (χ2n) is 2.00. The van der Waals surface area contributed by atoms with E-state index in [4.69, 9.17) is 4.84 Å². The fraction of sp³-hybridized carbons (Fsp3) is 1.00. The van der Waals surface area contributed by atoms with Gasteiger partial charge in [0.15, 0.2) is 0 Å². The molecule has 0 aromatic carbocycles. The molecule has 0 amide bonds. The van der Waals surface area contributed by atoms with Crippen LogP contribution in [0.5, 0.6) is 0 Å². The molecule has 0 spiro atoms. The Morgan fingerprint density at radius 1 is 1.62 bits per heavy atom. The molecule has 0 aliphatic carbocycles. The highest BCUT2D eigenvalue weighted by Crippen LogP contribution is 1.87. The first-order valence-corrected chi connectivity index (χ1v) is 4.20. The van der Waals surface area contributed by atoms with Crippen LogP contribution in [0.25, 0.3) is 0 Å². The standard InChI is InChI=1S/C5H12INO/c1-5(2)3-7-8-4-6/h5,7H,3-4H2,1-2H3. The van der Waals surface area contributed by atoms with E-state index >= 15 is 0 Å². The van der Waals surface area contributed by atoms with Crippen LogP contribution in [-0.4, -0.2) is 11.2 Å². The lowest BCUT2D eigenvalue weighted by molar-refractivity contribution is 0.0774. The summed E-state index contributed by atoms with van der Waals surface area (Å²) in [6, 6.07) is 0. The van der Waals surface area contributed by atoms with Crippen LogP contribution in [0.1, 0.15) is 13.8 Å². The van der Waals surface area contributed by atoms with Crippen LogP contribution < -0.4 is 5.48 Å². The Bertz CT molecular complexity index is 49.7. The van der Waals surface area contributed by atoms with E-state index in [2.05, 4.69) is 41.9 Å². The van der Waals surface area contributed by atoms with Crippen molar-refractivity contribution in [2.45, 2.75) is 13.8 Å². The zero-order chi connectivity index (χ0) is 6.41. The minimum absolute atomic E-state index is 0.665. The van der Waals surface area contributed by atoms with Crippen LogP contribution in [-0.2, 0) is 4.84 Å². The highest BCUT2D eigenvalue weighted by molar-refractivity contribution is 14.1. The second kappa shape index (κ2) is 5.78. The molecule has 0 aromatic rings. The van der Waals surface area contributed by atoms with E-state index in [9.17, 15) is 0 Å². The summed E-state index contributed by atoms with van der Waals surface area (Å²) in [5, 5.41) is 0. The monoisotopic (exact) mass is 229 g/mol. The molecule has 0 atom stereocenters. The lowest BCUT2D eigenvalue weighted by atomic mass is 10.2. The van der Waals surface area contributed by atoms with Gasteiger partial charge in [-0.15, -0.1) is 0 Å². The van der Waals surface area contributed by atoms with Crippen molar-refractivity contribution in [1.29, 1.82) is 0 Å². The Hall–Kier alpha value is 0.650. The van der Waals surface area contributed by atoms with Gasteiger partial charge in [0.05, 0.1) is 0 Å². The number of alkyl halides is 1. The van der Waals surface area contributed by atoms with Crippen LogP contribution >= 0.6 is 22.6 Å². The molecular formula is C5H12INO. The summed E-state index contributed by atoms with van der Waals surface area (Å²) in [6.45, 7) is 5.22. The van der Waals surface area contributed by atoms with E-state index in [1.165, 1.54) is 0 Å². The fourth-order valence-corrected chi connectivity index (χ4v) is 0.484. The van der Waals surface area contributed by atoms with Gasteiger partial charge in [0.25, 0.3) is 0 Å². The molecule has 0 bridgehead atoms. The van der Waals surface area contributed by atoms with Crippen molar-refractivity contribution in [3.05, 3.63) is 0 Å². The van der Waals surface area contributed by atoms with E-state index in [-0.39, 0.29) is 0 Å². The van der Waals surface area contributed by atoms with Gasteiger partial charge >= 0.3 is 0 Å². The normalized spacial score (nSPS) is 10.5. The van der Waals surface area contributed by atoms with Crippen molar-refractivity contribution in [2.24, 2.45) is 5.92 Å². The van der Waals surface area contributed by atoms with E-state index in [0.717, 1.165) is 6.54 Å². The molecule has 50 valence electrons. The number of rotatable bonds is 4. The van der Waals surface area contributed by atoms with Crippen LogP contribution in [0.4, 0.5) is 0 Å². The molecule has 0 aromatic heterocycles. The van der Waals surface area contributed by atoms with Gasteiger partial charge in [-0.2, -0.15) is 0 Å². The summed E-state index contributed by atoms with van der Waals surface area (Å²) in [5.74, 6) is 0.665. The summed E-state index contributed by atoms with van der Waals surface area (Å²) in [7, 11) is 0. The van der Waals surface area contributed by atoms with Gasteiger partial charge in [0.2, 0.25) is 0 Å². The molecule has 0 unspecified atom stereocenters. The molecule has 2 nitrogen and oxygen atoms in total. The highest BCUT2D eigenvalue weighted by Gasteiger charge is 1.89. The van der Waals surface area contributed by atoms with Crippen LogP contribution in [0.2, 0.25) is 0 Å². The molecule has 0 rings (SSSR count). The van der Waals surface area contributed by atoms with Gasteiger partial charge in [-0.05, 0) is 5.92 Å². The smallest absolute Gasteiger partial charge is 0.119 e.